The average Bonchev–Trinajstić information content (AvgIpc) is 3.14. The van der Waals surface area contributed by atoms with Crippen molar-refractivity contribution in [1.29, 1.82) is 0 Å². The van der Waals surface area contributed by atoms with E-state index in [4.69, 9.17) is 15.2 Å². The molecule has 6 nitrogen and oxygen atoms in total. The van der Waals surface area contributed by atoms with E-state index >= 15 is 0 Å². The van der Waals surface area contributed by atoms with E-state index in [9.17, 15) is 0 Å². The van der Waals surface area contributed by atoms with Crippen LogP contribution in [0.5, 0.6) is 0 Å². The molecule has 0 radical (unpaired) electrons. The van der Waals surface area contributed by atoms with Gasteiger partial charge in [0.25, 0.3) is 0 Å². The molecule has 0 bridgehead atoms. The third-order valence-electron chi connectivity index (χ3n) is 5.67. The normalized spacial score (nSPS) is 31.5. The Morgan fingerprint density at radius 2 is 2.04 bits per heavy atom. The molecule has 24 heavy (non-hydrogen) atoms. The van der Waals surface area contributed by atoms with Crippen LogP contribution in [0.4, 0.5) is 0 Å². The molecule has 0 aromatic rings. The maximum absolute atomic E-state index is 6.23. The summed E-state index contributed by atoms with van der Waals surface area (Å²) in [4.78, 5) is 7.02. The average molecular weight is 338 g/mol. The van der Waals surface area contributed by atoms with Gasteiger partial charge in [0, 0.05) is 25.4 Å². The zero-order valence-corrected chi connectivity index (χ0v) is 15.1. The summed E-state index contributed by atoms with van der Waals surface area (Å²) in [6.07, 6.45) is 9.65. The van der Waals surface area contributed by atoms with Gasteiger partial charge in [-0.25, -0.2) is 0 Å². The quantitative estimate of drug-likeness (QED) is 0.591. The highest BCUT2D eigenvalue weighted by molar-refractivity contribution is 5.77. The standard InChI is InChI=1S/C18H34N4O2/c1-2-22-11-7-8-15(22)12-20-17(19)21-13-16-14-23-18(24-16)9-5-3-4-6-10-18/h15-16H,2-14H2,1H3,(H3,19,20,21). The number of aliphatic imine (C=N–C) groups is 1. The lowest BCUT2D eigenvalue weighted by Crippen LogP contribution is -2.40. The summed E-state index contributed by atoms with van der Waals surface area (Å²) in [5.74, 6) is 0.212. The Kier molecular flexibility index (Phi) is 6.36. The molecule has 3 rings (SSSR count). The van der Waals surface area contributed by atoms with E-state index in [1.165, 1.54) is 45.1 Å². The lowest BCUT2D eigenvalue weighted by molar-refractivity contribution is -0.175. The summed E-state index contributed by atoms with van der Waals surface area (Å²) in [6, 6.07) is 0.552. The van der Waals surface area contributed by atoms with Gasteiger partial charge in [-0.1, -0.05) is 19.8 Å². The number of hydrogen-bond acceptors (Lipinski definition) is 4. The van der Waals surface area contributed by atoms with Crippen LogP contribution < -0.4 is 11.1 Å². The molecule has 1 saturated carbocycles. The second kappa shape index (κ2) is 8.50. The highest BCUT2D eigenvalue weighted by atomic mass is 16.7. The Labute approximate surface area is 146 Å². The molecule has 2 aliphatic heterocycles. The molecule has 2 unspecified atom stereocenters. The highest BCUT2D eigenvalue weighted by Gasteiger charge is 2.41. The molecule has 2 atom stereocenters. The summed E-state index contributed by atoms with van der Waals surface area (Å²) in [5.41, 5.74) is 6.04. The van der Waals surface area contributed by atoms with Gasteiger partial charge < -0.3 is 20.5 Å². The minimum absolute atomic E-state index is 0.0791. The molecule has 2 heterocycles. The Morgan fingerprint density at radius 3 is 2.79 bits per heavy atom. The van der Waals surface area contributed by atoms with E-state index in [1.807, 2.05) is 0 Å². The first-order valence-corrected chi connectivity index (χ1v) is 9.80. The molecule has 1 aliphatic carbocycles. The topological polar surface area (TPSA) is 72.1 Å². The predicted octanol–water partition coefficient (Wildman–Crippen LogP) is 1.84. The maximum Gasteiger partial charge on any atom is 0.188 e. The monoisotopic (exact) mass is 338 g/mol. The summed E-state index contributed by atoms with van der Waals surface area (Å²) in [6.45, 7) is 6.64. The number of likely N-dealkylation sites (N-methyl/N-ethyl adjacent to an activating group) is 1. The van der Waals surface area contributed by atoms with Gasteiger partial charge in [-0.05, 0) is 38.8 Å². The summed E-state index contributed by atoms with van der Waals surface area (Å²) in [5, 5.41) is 3.22. The van der Waals surface area contributed by atoms with Crippen molar-refractivity contribution < 1.29 is 9.47 Å². The van der Waals surface area contributed by atoms with Gasteiger partial charge in [0.1, 0.15) is 6.10 Å². The van der Waals surface area contributed by atoms with Gasteiger partial charge in [0.05, 0.1) is 13.2 Å². The van der Waals surface area contributed by atoms with E-state index in [0.717, 1.165) is 25.9 Å². The highest BCUT2D eigenvalue weighted by Crippen LogP contribution is 2.36. The van der Waals surface area contributed by atoms with E-state index in [-0.39, 0.29) is 11.9 Å². The number of hydrogen-bond donors (Lipinski definition) is 2. The largest absolute Gasteiger partial charge is 0.370 e. The number of guanidine groups is 1. The van der Waals surface area contributed by atoms with Crippen LogP contribution in [0.15, 0.2) is 4.99 Å². The smallest absolute Gasteiger partial charge is 0.188 e. The van der Waals surface area contributed by atoms with Crippen molar-refractivity contribution in [3.8, 4) is 0 Å². The van der Waals surface area contributed by atoms with Gasteiger partial charge in [-0.2, -0.15) is 0 Å². The summed E-state index contributed by atoms with van der Waals surface area (Å²) >= 11 is 0. The molecule has 3 fully saturated rings. The number of likely N-dealkylation sites (tertiary alicyclic amines) is 1. The number of nitrogens with two attached hydrogens (primary N) is 1. The van der Waals surface area contributed by atoms with Crippen LogP contribution in [0.3, 0.4) is 0 Å². The maximum atomic E-state index is 6.23. The number of ether oxygens (including phenoxy) is 2. The summed E-state index contributed by atoms with van der Waals surface area (Å²) in [7, 11) is 0. The van der Waals surface area contributed by atoms with Crippen LogP contribution in [0, 0.1) is 0 Å². The number of nitrogens with zero attached hydrogens (tertiary/aromatic N) is 2. The van der Waals surface area contributed by atoms with E-state index in [0.29, 0.717) is 25.2 Å². The Balaban J connectivity index is 1.40. The molecular weight excluding hydrogens is 304 g/mol. The third kappa shape index (κ3) is 4.61. The molecule has 1 spiro atoms. The fourth-order valence-electron chi connectivity index (χ4n) is 4.24. The minimum Gasteiger partial charge on any atom is -0.370 e. The van der Waals surface area contributed by atoms with Crippen molar-refractivity contribution in [3.05, 3.63) is 0 Å². The fraction of sp³-hybridized carbons (Fsp3) is 0.944. The predicted molar refractivity (Wildman–Crippen MR) is 96.0 cm³/mol. The van der Waals surface area contributed by atoms with Gasteiger partial charge >= 0.3 is 0 Å². The Bertz CT molecular complexity index is 421. The van der Waals surface area contributed by atoms with Gasteiger partial charge in [-0.3, -0.25) is 9.89 Å². The van der Waals surface area contributed by atoms with Crippen molar-refractivity contribution in [3.63, 3.8) is 0 Å². The Hall–Kier alpha value is -0.850. The first-order chi connectivity index (χ1) is 11.7. The molecule has 2 saturated heterocycles. The van der Waals surface area contributed by atoms with Crippen LogP contribution in [0.2, 0.25) is 0 Å². The molecule has 0 amide bonds. The first-order valence-electron chi connectivity index (χ1n) is 9.80. The third-order valence-corrected chi connectivity index (χ3v) is 5.67. The fourth-order valence-corrected chi connectivity index (χ4v) is 4.24. The molecule has 138 valence electrons. The van der Waals surface area contributed by atoms with Gasteiger partial charge in [0.2, 0.25) is 0 Å². The molecule has 6 heteroatoms. The van der Waals surface area contributed by atoms with Crippen LogP contribution in [0.1, 0.15) is 58.3 Å². The summed E-state index contributed by atoms with van der Waals surface area (Å²) < 4.78 is 12.3. The van der Waals surface area contributed by atoms with Crippen molar-refractivity contribution in [1.82, 2.24) is 10.2 Å². The molecule has 3 N–H and O–H groups in total. The molecular formula is C18H34N4O2. The second-order valence-electron chi connectivity index (χ2n) is 7.41. The zero-order valence-electron chi connectivity index (χ0n) is 15.1. The van der Waals surface area contributed by atoms with Crippen molar-refractivity contribution in [2.24, 2.45) is 10.7 Å². The van der Waals surface area contributed by atoms with E-state index in [2.05, 4.69) is 22.1 Å². The second-order valence-corrected chi connectivity index (χ2v) is 7.41. The SMILES string of the molecule is CCN1CCCC1CN=C(N)NCC1COC2(CCCCCC2)O1. The van der Waals surface area contributed by atoms with Crippen LogP contribution >= 0.6 is 0 Å². The lowest BCUT2D eigenvalue weighted by Gasteiger charge is -2.26. The number of rotatable bonds is 5. The van der Waals surface area contributed by atoms with Gasteiger partial charge in [0.15, 0.2) is 11.7 Å². The molecule has 0 aromatic heterocycles. The minimum atomic E-state index is -0.319. The Morgan fingerprint density at radius 1 is 1.25 bits per heavy atom. The zero-order chi connectivity index (χ0) is 16.8. The van der Waals surface area contributed by atoms with Crippen molar-refractivity contribution in [2.75, 3.05) is 32.8 Å². The van der Waals surface area contributed by atoms with Crippen molar-refractivity contribution >= 4 is 5.96 Å². The van der Waals surface area contributed by atoms with E-state index in [1.54, 1.807) is 0 Å². The van der Waals surface area contributed by atoms with Crippen LogP contribution in [-0.4, -0.2) is 61.6 Å². The molecule has 3 aliphatic rings. The lowest BCUT2D eigenvalue weighted by atomic mass is 10.1. The van der Waals surface area contributed by atoms with Crippen molar-refractivity contribution in [2.45, 2.75) is 76.2 Å². The van der Waals surface area contributed by atoms with E-state index < -0.39 is 0 Å². The van der Waals surface area contributed by atoms with Crippen LogP contribution in [0.25, 0.3) is 0 Å². The van der Waals surface area contributed by atoms with Crippen LogP contribution in [-0.2, 0) is 9.47 Å². The van der Waals surface area contributed by atoms with Gasteiger partial charge in [-0.15, -0.1) is 0 Å². The number of nitrogens with one attached hydrogen (secondary N) is 1. The molecule has 0 aromatic carbocycles. The first kappa shape index (κ1) is 18.0.